The zero-order valence-electron chi connectivity index (χ0n) is 9.62. The minimum Gasteiger partial charge on any atom is -0.266 e. The minimum absolute atomic E-state index is 0.582. The fourth-order valence-electron chi connectivity index (χ4n) is 1.68. The van der Waals surface area contributed by atoms with E-state index < -0.39 is 0 Å². The fourth-order valence-corrected chi connectivity index (χ4v) is 1.68. The van der Waals surface area contributed by atoms with Crippen molar-refractivity contribution in [3.8, 4) is 0 Å². The van der Waals surface area contributed by atoms with E-state index in [2.05, 4.69) is 35.8 Å². The molecule has 0 saturated heterocycles. The van der Waals surface area contributed by atoms with E-state index in [0.29, 0.717) is 6.04 Å². The number of hydrogen-bond acceptors (Lipinski definition) is 1. The average Bonchev–Trinajstić information content (AvgIpc) is 2.82. The van der Waals surface area contributed by atoms with Crippen LogP contribution in [0.1, 0.15) is 44.0 Å². The van der Waals surface area contributed by atoms with Gasteiger partial charge in [0.2, 0.25) is 0 Å². The first-order valence-electron chi connectivity index (χ1n) is 5.45. The Morgan fingerprint density at radius 2 is 1.79 bits per heavy atom. The summed E-state index contributed by atoms with van der Waals surface area (Å²) in [4.78, 5) is 0. The molecule has 0 N–H and O–H groups in total. The summed E-state index contributed by atoms with van der Waals surface area (Å²) >= 11 is 0. The quantitative estimate of drug-likeness (QED) is 0.623. The largest absolute Gasteiger partial charge is 0.266 e. The van der Waals surface area contributed by atoms with E-state index in [1.54, 1.807) is 0 Å². The zero-order chi connectivity index (χ0) is 10.6. The van der Waals surface area contributed by atoms with Gasteiger partial charge in [-0.25, -0.2) is 0 Å². The fraction of sp³-hybridized carbons (Fsp3) is 0.583. The van der Waals surface area contributed by atoms with Crippen molar-refractivity contribution in [2.45, 2.75) is 46.6 Å². The van der Waals surface area contributed by atoms with E-state index in [0.717, 1.165) is 12.8 Å². The zero-order valence-corrected chi connectivity index (χ0v) is 9.62. The molecule has 0 fully saturated rings. The average molecular weight is 192 g/mol. The van der Waals surface area contributed by atoms with Crippen LogP contribution in [0.2, 0.25) is 0 Å². The van der Waals surface area contributed by atoms with Crippen molar-refractivity contribution in [1.29, 1.82) is 0 Å². The van der Waals surface area contributed by atoms with E-state index in [1.165, 1.54) is 11.3 Å². The van der Waals surface area contributed by atoms with Gasteiger partial charge >= 0.3 is 0 Å². The molecule has 0 aliphatic heterocycles. The lowest BCUT2D eigenvalue weighted by atomic mass is 10.2. The number of aromatic nitrogens is 2. The first-order chi connectivity index (χ1) is 6.79. The van der Waals surface area contributed by atoms with Gasteiger partial charge in [-0.15, -0.1) is 0 Å². The Balaban J connectivity index is 0.000000461. The second kappa shape index (κ2) is 4.99. The van der Waals surface area contributed by atoms with Crippen molar-refractivity contribution in [2.24, 2.45) is 0 Å². The minimum atomic E-state index is 0.582. The molecule has 1 aromatic heterocycles. The van der Waals surface area contributed by atoms with E-state index in [4.69, 9.17) is 0 Å². The molecule has 1 aliphatic rings. The Morgan fingerprint density at radius 1 is 1.21 bits per heavy atom. The highest BCUT2D eigenvalue weighted by molar-refractivity contribution is 5.15. The molecule has 1 heterocycles. The number of hydrogen-bond donors (Lipinski definition) is 0. The maximum absolute atomic E-state index is 4.37. The van der Waals surface area contributed by atoms with Gasteiger partial charge in [-0.3, -0.25) is 4.68 Å². The molecule has 0 aromatic carbocycles. The molecule has 2 rings (SSSR count). The van der Waals surface area contributed by atoms with Crippen molar-refractivity contribution < 1.29 is 0 Å². The predicted octanol–water partition coefficient (Wildman–Crippen LogP) is 3.42. The molecule has 0 saturated carbocycles. The standard InChI is InChI=1S/C10H14N2.C2H6/c1-8-7-11-12(9(8)2)10-5-3-4-6-10;1-2/h3-4,7,10H,5-6H2,1-2H3;1-2H3. The number of aryl methyl sites for hydroxylation is 1. The van der Waals surface area contributed by atoms with Crippen LogP contribution in [0.4, 0.5) is 0 Å². The molecular formula is C12H20N2. The first-order valence-corrected chi connectivity index (χ1v) is 5.45. The Morgan fingerprint density at radius 3 is 2.21 bits per heavy atom. The lowest BCUT2D eigenvalue weighted by molar-refractivity contribution is 0.470. The Bertz CT molecular complexity index is 302. The smallest absolute Gasteiger partial charge is 0.0591 e. The third-order valence-electron chi connectivity index (χ3n) is 2.62. The molecule has 0 atom stereocenters. The highest BCUT2D eigenvalue weighted by atomic mass is 15.3. The van der Waals surface area contributed by atoms with E-state index in [-0.39, 0.29) is 0 Å². The van der Waals surface area contributed by atoms with Crippen LogP contribution in [0.3, 0.4) is 0 Å². The molecule has 0 unspecified atom stereocenters. The molecule has 78 valence electrons. The second-order valence-electron chi connectivity index (χ2n) is 3.45. The monoisotopic (exact) mass is 192 g/mol. The van der Waals surface area contributed by atoms with Crippen LogP contribution in [-0.2, 0) is 0 Å². The van der Waals surface area contributed by atoms with Crippen LogP contribution < -0.4 is 0 Å². The molecule has 0 bridgehead atoms. The molecule has 2 nitrogen and oxygen atoms in total. The van der Waals surface area contributed by atoms with E-state index in [9.17, 15) is 0 Å². The summed E-state index contributed by atoms with van der Waals surface area (Å²) in [6.45, 7) is 8.25. The normalized spacial score (nSPS) is 15.4. The van der Waals surface area contributed by atoms with Crippen LogP contribution in [0.25, 0.3) is 0 Å². The van der Waals surface area contributed by atoms with Crippen molar-refractivity contribution in [2.75, 3.05) is 0 Å². The first kappa shape index (κ1) is 11.0. The van der Waals surface area contributed by atoms with Crippen molar-refractivity contribution >= 4 is 0 Å². The van der Waals surface area contributed by atoms with Crippen LogP contribution in [0, 0.1) is 13.8 Å². The van der Waals surface area contributed by atoms with E-state index >= 15 is 0 Å². The molecule has 1 aromatic rings. The molecular weight excluding hydrogens is 172 g/mol. The number of nitrogens with zero attached hydrogens (tertiary/aromatic N) is 2. The van der Waals surface area contributed by atoms with Crippen LogP contribution in [-0.4, -0.2) is 9.78 Å². The summed E-state index contributed by atoms with van der Waals surface area (Å²) in [7, 11) is 0. The summed E-state index contributed by atoms with van der Waals surface area (Å²) in [5, 5.41) is 4.37. The lowest BCUT2D eigenvalue weighted by Gasteiger charge is -2.12. The van der Waals surface area contributed by atoms with Gasteiger partial charge in [-0.05, 0) is 32.3 Å². The van der Waals surface area contributed by atoms with E-state index in [1.807, 2.05) is 20.0 Å². The van der Waals surface area contributed by atoms with Crippen molar-refractivity contribution in [3.05, 3.63) is 29.6 Å². The van der Waals surface area contributed by atoms with Gasteiger partial charge in [0.05, 0.1) is 12.2 Å². The van der Waals surface area contributed by atoms with Crippen LogP contribution in [0.15, 0.2) is 18.3 Å². The van der Waals surface area contributed by atoms with Crippen molar-refractivity contribution in [1.82, 2.24) is 9.78 Å². The maximum atomic E-state index is 4.37. The molecule has 0 spiro atoms. The van der Waals surface area contributed by atoms with Gasteiger partial charge in [0.1, 0.15) is 0 Å². The summed E-state index contributed by atoms with van der Waals surface area (Å²) in [6.07, 6.45) is 8.71. The molecule has 2 heteroatoms. The number of allylic oxidation sites excluding steroid dienone is 2. The SMILES string of the molecule is CC.Cc1cnn(C2CC=CC2)c1C. The summed E-state index contributed by atoms with van der Waals surface area (Å²) in [5.74, 6) is 0. The second-order valence-corrected chi connectivity index (χ2v) is 3.45. The Hall–Kier alpha value is -1.05. The van der Waals surface area contributed by atoms with Crippen molar-refractivity contribution in [3.63, 3.8) is 0 Å². The molecule has 0 amide bonds. The van der Waals surface area contributed by atoms with Gasteiger partial charge < -0.3 is 0 Å². The maximum Gasteiger partial charge on any atom is 0.0591 e. The highest BCUT2D eigenvalue weighted by Gasteiger charge is 2.15. The van der Waals surface area contributed by atoms with Crippen LogP contribution >= 0.6 is 0 Å². The van der Waals surface area contributed by atoms with Gasteiger partial charge in [0.15, 0.2) is 0 Å². The molecule has 0 radical (unpaired) electrons. The summed E-state index contributed by atoms with van der Waals surface area (Å²) in [5.41, 5.74) is 2.60. The molecule has 14 heavy (non-hydrogen) atoms. The predicted molar refractivity (Wildman–Crippen MR) is 60.5 cm³/mol. The van der Waals surface area contributed by atoms with Crippen LogP contribution in [0.5, 0.6) is 0 Å². The lowest BCUT2D eigenvalue weighted by Crippen LogP contribution is -2.08. The van der Waals surface area contributed by atoms with Gasteiger partial charge in [0, 0.05) is 5.69 Å². The topological polar surface area (TPSA) is 17.8 Å². The molecule has 1 aliphatic carbocycles. The highest BCUT2D eigenvalue weighted by Crippen LogP contribution is 2.24. The van der Waals surface area contributed by atoms with Gasteiger partial charge in [-0.1, -0.05) is 26.0 Å². The Kier molecular flexibility index (Phi) is 3.93. The Labute approximate surface area is 86.6 Å². The number of rotatable bonds is 1. The van der Waals surface area contributed by atoms with Gasteiger partial charge in [0.25, 0.3) is 0 Å². The third-order valence-corrected chi connectivity index (χ3v) is 2.62. The third kappa shape index (κ3) is 2.06. The van der Waals surface area contributed by atoms with Gasteiger partial charge in [-0.2, -0.15) is 5.10 Å². The summed E-state index contributed by atoms with van der Waals surface area (Å²) < 4.78 is 2.15. The summed E-state index contributed by atoms with van der Waals surface area (Å²) in [6, 6.07) is 0.582.